The maximum atomic E-state index is 3.20. The molecule has 0 nitrogen and oxygen atoms in total. The molecule has 9 rings (SSSR count). The van der Waals surface area contributed by atoms with Crippen LogP contribution >= 0.6 is 0 Å². The van der Waals surface area contributed by atoms with Gasteiger partial charge in [0.2, 0.25) is 0 Å². The topological polar surface area (TPSA) is 0 Å². The van der Waals surface area contributed by atoms with Crippen molar-refractivity contribution in [1.82, 2.24) is 0 Å². The van der Waals surface area contributed by atoms with Crippen LogP contribution in [0.3, 0.4) is 0 Å². The van der Waals surface area contributed by atoms with E-state index in [0.717, 1.165) is 0 Å². The van der Waals surface area contributed by atoms with Crippen molar-refractivity contribution in [2.45, 2.75) is 284 Å². The Morgan fingerprint density at radius 2 is 0.395 bits per heavy atom. The zero-order valence-corrected chi connectivity index (χ0v) is 119. The van der Waals surface area contributed by atoms with E-state index in [1.807, 2.05) is 0 Å². The highest BCUT2D eigenvalue weighted by molar-refractivity contribution is 7.23. The van der Waals surface area contributed by atoms with E-state index in [1.54, 1.807) is 77.8 Å². The predicted molar refractivity (Wildman–Crippen MR) is 685 cm³/mol. The van der Waals surface area contributed by atoms with Gasteiger partial charge < -0.3 is 0 Å². The van der Waals surface area contributed by atoms with Crippen molar-refractivity contribution in [3.05, 3.63) is 127 Å². The van der Waals surface area contributed by atoms with E-state index >= 15 is 0 Å². The highest BCUT2D eigenvalue weighted by Gasteiger charge is 2.49. The molecule has 684 valence electrons. The van der Waals surface area contributed by atoms with Crippen LogP contribution in [0.5, 0.6) is 0 Å². The van der Waals surface area contributed by atoms with Gasteiger partial charge in [0, 0.05) is 0 Å². The Balaban J connectivity index is 0.000000414. The largest absolute Gasteiger partial charge is 0.179 e. The van der Waals surface area contributed by atoms with Gasteiger partial charge in [-0.3, -0.25) is 0 Å². The number of rotatable bonds is 33. The summed E-state index contributed by atoms with van der Waals surface area (Å²) < 4.78 is 0. The standard InChI is InChI=1S/C41H92Si16.C31H44Si6.C22H40Si5.3CH4/c1-42-24-28(46-5)39(29(47-6)25(43-2)32(24)50(9)10)57(23,40-30(48-7)26(44-3)33(51(11)12)27(45-4)31(40)49-8)41-37(55(19)20)35(53(15)16)34(52(13)14)36(54(17)18)38(41)56(21)22;1-32-23-11-8-14-28(17-23)37(29-15-9-12-24(18-29)33-2,30-16-10-13-25(19-30)34-3)31-21-26(35(4)5)20-27(22-31)36(6)7;1-23(2)17-11-18(24(3)4)14-21(13-17)27(9,10)22-15-19(25(5)6)12-20(16-22)26(7)8;;;/h50-56H,42-49H2,1-23H3;8-22,35-36H,32-34H2,1-7H3;11-16,23-26H,1-10H3;3*1H4. The highest BCUT2D eigenvalue weighted by atomic mass is 28.3. The fraction of sp³-hybridized carbons (Fsp3) is 0.443. The monoisotopic (exact) mass is 2110 g/mol. The van der Waals surface area contributed by atoms with Gasteiger partial charge in [-0.15, -0.1) is 0 Å². The summed E-state index contributed by atoms with van der Waals surface area (Å²) in [6, 6.07) is 53.0. The molecule has 0 aliphatic carbocycles. The molecule has 0 saturated heterocycles. The lowest BCUT2D eigenvalue weighted by Gasteiger charge is -2.46. The van der Waals surface area contributed by atoms with Gasteiger partial charge >= 0.3 is 0 Å². The molecule has 0 amide bonds. The van der Waals surface area contributed by atoms with E-state index in [1.165, 1.54) is 0 Å². The van der Waals surface area contributed by atoms with Crippen LogP contribution in [0.4, 0.5) is 0 Å². The van der Waals surface area contributed by atoms with Crippen LogP contribution in [0.1, 0.15) is 22.3 Å². The molecule has 124 heavy (non-hydrogen) atoms. The number of benzene rings is 9. The Labute approximate surface area is 817 Å². The Morgan fingerprint density at radius 1 is 0.194 bits per heavy atom. The SMILES string of the molecule is C.C.C.C[SiH2]c1c([SiH2]C)c([Si](C)(c2c([SiH2]C)c([SiH2]C)c([SiH](C)C)c([SiH2]C)c2[SiH2]C)c2c([SiH](C)C)c([SiH](C)C)c([SiH](C)C)c([SiH](C)C)c2[SiH](C)C)c([SiH2]C)c([SiH2]C)c1[SiH](C)C.C[SiH2]c1cccc([Si](c2cccc([SiH2]C)c2)(c2cccc([SiH2]C)c2)c2cc([SiH](C)C)cc([SiH](C)C)c2)c1.C[SiH](C)c1cc([SiH](C)C)cc([Si](C)(C)c2cc([SiH](C)C)cc([SiH](C)C)c2)c1. The van der Waals surface area contributed by atoms with Crippen molar-refractivity contribution in [3.63, 3.8) is 0 Å². The summed E-state index contributed by atoms with van der Waals surface area (Å²) in [4.78, 5) is 0. The Morgan fingerprint density at radius 3 is 0.581 bits per heavy atom. The zero-order valence-electron chi connectivity index (χ0n) is 85.4. The van der Waals surface area contributed by atoms with Crippen molar-refractivity contribution < 1.29 is 0 Å². The molecule has 27 heteroatoms. The molecular formula is C97H188Si27. The lowest BCUT2D eigenvalue weighted by molar-refractivity contribution is 1.70. The second-order valence-corrected chi connectivity index (χ2v) is 107. The van der Waals surface area contributed by atoms with Gasteiger partial charge in [-0.2, -0.15) is 0 Å². The fourth-order valence-corrected chi connectivity index (χ4v) is 101. The Hall–Kier alpha value is -1.16. The van der Waals surface area contributed by atoms with E-state index in [0.29, 0.717) is 0 Å². The molecule has 0 fully saturated rings. The van der Waals surface area contributed by atoms with Crippen LogP contribution in [0.25, 0.3) is 0 Å². The third kappa shape index (κ3) is 24.7. The molecule has 0 aliphatic heterocycles. The maximum absolute atomic E-state index is 3.20. The van der Waals surface area contributed by atoms with Gasteiger partial charge in [-0.05, 0) is 20.7 Å². The predicted octanol–water partition coefficient (Wildman–Crippen LogP) is -6.45. The summed E-state index contributed by atoms with van der Waals surface area (Å²) in [5.74, 6) is 0. The van der Waals surface area contributed by atoms with Crippen LogP contribution in [0.2, 0.25) is 262 Å². The molecule has 0 heterocycles. The highest BCUT2D eigenvalue weighted by Crippen LogP contribution is 2.13. The maximum Gasteiger partial charge on any atom is 0.179 e. The van der Waals surface area contributed by atoms with E-state index < -0.39 is 139 Å². The lowest BCUT2D eigenvalue weighted by atomic mass is 10.3. The average molecular weight is 2110 g/mol. The number of hydrogen-bond acceptors (Lipinski definition) is 0. The first-order valence-electron chi connectivity index (χ1n) is 49.3. The summed E-state index contributed by atoms with van der Waals surface area (Å²) in [7, 11) is -22.7. The third-order valence-electron chi connectivity index (χ3n) is 28.1. The van der Waals surface area contributed by atoms with Gasteiger partial charge in [-0.1, -0.05) is 562 Å². The third-order valence-corrected chi connectivity index (χ3v) is 86.3. The molecule has 0 unspecified atom stereocenters. The zero-order chi connectivity index (χ0) is 90.7. The van der Waals surface area contributed by atoms with Crippen molar-refractivity contribution in [3.8, 4) is 0 Å². The lowest BCUT2D eigenvalue weighted by Crippen LogP contribution is -2.91. The minimum absolute atomic E-state index is 0. The Kier molecular flexibility index (Phi) is 47.3. The normalized spacial score (nSPS) is 14.0. The van der Waals surface area contributed by atoms with E-state index in [4.69, 9.17) is 0 Å². The molecule has 0 radical (unpaired) electrons. The smallest absolute Gasteiger partial charge is 0.0776 e. The van der Waals surface area contributed by atoms with Crippen molar-refractivity contribution in [2.75, 3.05) is 0 Å². The second kappa shape index (κ2) is 51.0. The summed E-state index contributed by atoms with van der Waals surface area (Å²) in [5.41, 5.74) is 0. The molecule has 9 aromatic carbocycles. The molecular weight excluding hydrogens is 1920 g/mol. The minimum Gasteiger partial charge on any atom is -0.0776 e. The van der Waals surface area contributed by atoms with Crippen molar-refractivity contribution in [2.24, 2.45) is 0 Å². The van der Waals surface area contributed by atoms with Gasteiger partial charge in [-0.25, -0.2) is 0 Å². The van der Waals surface area contributed by atoms with E-state index in [2.05, 4.69) is 483 Å². The first-order valence-corrected chi connectivity index (χ1v) is 118. The summed E-state index contributed by atoms with van der Waals surface area (Å²) in [6.07, 6.45) is 0. The molecule has 0 bridgehead atoms. The van der Waals surface area contributed by atoms with Crippen LogP contribution in [-0.2, 0) is 0 Å². The Bertz CT molecular complexity index is 4540. The molecule has 0 N–H and O–H groups in total. The van der Waals surface area contributed by atoms with Crippen LogP contribution in [0.15, 0.2) is 127 Å². The summed E-state index contributed by atoms with van der Waals surface area (Å²) in [6.45, 7) is 107. The van der Waals surface area contributed by atoms with Crippen LogP contribution in [-0.4, -0.2) is 243 Å². The number of hydrogen-bond donors (Lipinski definition) is 0. The van der Waals surface area contributed by atoms with Crippen molar-refractivity contribution in [1.29, 1.82) is 0 Å². The molecule has 0 saturated carbocycles. The molecule has 0 spiro atoms. The van der Waals surface area contributed by atoms with E-state index in [9.17, 15) is 0 Å². The first kappa shape index (κ1) is 115. The van der Waals surface area contributed by atoms with Crippen LogP contribution < -0.4 is 171 Å². The van der Waals surface area contributed by atoms with Gasteiger partial charge in [0.05, 0.1) is 219 Å². The average Bonchev–Trinajstić information content (AvgIpc) is 0.684. The van der Waals surface area contributed by atoms with Gasteiger partial charge in [0.1, 0.15) is 16.1 Å². The van der Waals surface area contributed by atoms with Gasteiger partial charge in [0.15, 0.2) is 8.07 Å². The molecule has 0 aliphatic rings. The quantitative estimate of drug-likeness (QED) is 0.0284. The molecule has 9 aromatic rings. The minimum atomic E-state index is -2.49. The molecule has 0 aromatic heterocycles. The summed E-state index contributed by atoms with van der Waals surface area (Å²) >= 11 is 0. The van der Waals surface area contributed by atoms with E-state index in [-0.39, 0.29) is 127 Å². The second-order valence-electron chi connectivity index (χ2n) is 41.0. The summed E-state index contributed by atoms with van der Waals surface area (Å²) in [5, 5.41) is 62.7. The van der Waals surface area contributed by atoms with Crippen LogP contribution in [0, 0.1) is 0 Å². The van der Waals surface area contributed by atoms with Gasteiger partial charge in [0.25, 0.3) is 0 Å². The first-order chi connectivity index (χ1) is 57.0. The fourth-order valence-electron chi connectivity index (χ4n) is 21.8. The van der Waals surface area contributed by atoms with Crippen molar-refractivity contribution >= 4 is 414 Å². The molecule has 0 atom stereocenters.